The molecule has 0 amide bonds. The number of hydrogen-bond acceptors (Lipinski definition) is 13. The molecule has 1 aliphatic heterocycles. The summed E-state index contributed by atoms with van der Waals surface area (Å²) in [5.41, 5.74) is -0.313. The van der Waals surface area contributed by atoms with Gasteiger partial charge in [-0.15, -0.1) is 0 Å². The number of rotatable bonds is 7. The second-order valence-corrected chi connectivity index (χ2v) is 7.98. The number of aliphatic hydroxyl groups excluding tert-OH is 4. The van der Waals surface area contributed by atoms with Crippen LogP contribution in [0.15, 0.2) is 33.5 Å². The Labute approximate surface area is 209 Å². The quantitative estimate of drug-likeness (QED) is 0.286. The highest BCUT2D eigenvalue weighted by Crippen LogP contribution is 2.50. The lowest BCUT2D eigenvalue weighted by molar-refractivity contribution is -0.321. The molecule has 2 aromatic carbocycles. The highest BCUT2D eigenvalue weighted by Gasteiger charge is 2.44. The largest absolute Gasteiger partial charge is 0.504 e. The van der Waals surface area contributed by atoms with Crippen LogP contribution in [0.4, 0.5) is 0 Å². The lowest BCUT2D eigenvalue weighted by Gasteiger charge is -2.38. The van der Waals surface area contributed by atoms with E-state index in [1.54, 1.807) is 0 Å². The summed E-state index contributed by atoms with van der Waals surface area (Å²) in [6.45, 7) is 0. The molecule has 5 atom stereocenters. The second-order valence-electron chi connectivity index (χ2n) is 7.98. The Morgan fingerprint density at radius 1 is 0.784 bits per heavy atom. The van der Waals surface area contributed by atoms with E-state index in [-0.39, 0.29) is 45.5 Å². The molecule has 0 saturated carbocycles. The van der Waals surface area contributed by atoms with Crippen molar-refractivity contribution in [3.05, 3.63) is 34.5 Å². The summed E-state index contributed by atoms with van der Waals surface area (Å²) in [5.74, 6) is -0.264. The SMILES string of the molecule is COc1cc(-c2cc(=O)c3c(O)c(OC)c(OC)c(OC)c3o2)ccc1O[C@@H]1O[C@H](O)[C@H](O)[C@H](O)[C@H]1O. The van der Waals surface area contributed by atoms with Crippen molar-refractivity contribution in [3.8, 4) is 45.8 Å². The van der Waals surface area contributed by atoms with E-state index in [0.717, 1.165) is 6.07 Å². The Balaban J connectivity index is 1.77. The van der Waals surface area contributed by atoms with Gasteiger partial charge < -0.3 is 58.4 Å². The molecule has 4 rings (SSSR count). The Bertz CT molecular complexity index is 1350. The second kappa shape index (κ2) is 10.3. The van der Waals surface area contributed by atoms with Crippen molar-refractivity contribution in [2.24, 2.45) is 0 Å². The third kappa shape index (κ3) is 4.47. The molecule has 1 aromatic heterocycles. The monoisotopic (exact) mass is 522 g/mol. The number of benzene rings is 2. The zero-order chi connectivity index (χ0) is 27.0. The van der Waals surface area contributed by atoms with Gasteiger partial charge in [0.2, 0.25) is 23.5 Å². The summed E-state index contributed by atoms with van der Waals surface area (Å²) in [6, 6.07) is 5.54. The Kier molecular flexibility index (Phi) is 7.34. The van der Waals surface area contributed by atoms with Crippen molar-refractivity contribution in [2.75, 3.05) is 28.4 Å². The lowest BCUT2D eigenvalue weighted by Crippen LogP contribution is -2.59. The van der Waals surface area contributed by atoms with Gasteiger partial charge in [0, 0.05) is 11.6 Å². The summed E-state index contributed by atoms with van der Waals surface area (Å²) in [5, 5.41) is 49.9. The van der Waals surface area contributed by atoms with Gasteiger partial charge in [-0.2, -0.15) is 0 Å². The number of fused-ring (bicyclic) bond motifs is 1. The fourth-order valence-corrected chi connectivity index (χ4v) is 3.98. The average molecular weight is 522 g/mol. The van der Waals surface area contributed by atoms with Crippen LogP contribution >= 0.6 is 0 Å². The number of ether oxygens (including phenoxy) is 6. The van der Waals surface area contributed by atoms with Gasteiger partial charge in [0.25, 0.3) is 0 Å². The van der Waals surface area contributed by atoms with Crippen molar-refractivity contribution in [2.45, 2.75) is 30.9 Å². The number of phenols is 1. The molecule has 1 aliphatic rings. The van der Waals surface area contributed by atoms with Crippen LogP contribution in [0.5, 0.6) is 34.5 Å². The lowest BCUT2D eigenvalue weighted by atomic mass is 10.0. The molecule has 13 nitrogen and oxygen atoms in total. The number of aliphatic hydroxyl groups is 4. The maximum Gasteiger partial charge on any atom is 0.231 e. The molecule has 0 bridgehead atoms. The van der Waals surface area contributed by atoms with Gasteiger partial charge in [-0.05, 0) is 18.2 Å². The van der Waals surface area contributed by atoms with Crippen molar-refractivity contribution in [3.63, 3.8) is 0 Å². The van der Waals surface area contributed by atoms with E-state index in [1.807, 2.05) is 0 Å². The molecular formula is C24H26O13. The third-order valence-corrected chi connectivity index (χ3v) is 5.87. The van der Waals surface area contributed by atoms with Crippen LogP contribution < -0.4 is 29.1 Å². The zero-order valence-corrected chi connectivity index (χ0v) is 20.2. The van der Waals surface area contributed by atoms with Crippen LogP contribution in [-0.4, -0.2) is 84.9 Å². The summed E-state index contributed by atoms with van der Waals surface area (Å²) in [7, 11) is 5.31. The topological polar surface area (TPSA) is 187 Å². The summed E-state index contributed by atoms with van der Waals surface area (Å²) < 4.78 is 37.8. The molecule has 0 radical (unpaired) electrons. The number of aromatic hydroxyl groups is 1. The average Bonchev–Trinajstić information content (AvgIpc) is 2.89. The van der Waals surface area contributed by atoms with Gasteiger partial charge in [-0.1, -0.05) is 0 Å². The predicted molar refractivity (Wildman–Crippen MR) is 125 cm³/mol. The Hall–Kier alpha value is -3.75. The molecular weight excluding hydrogens is 496 g/mol. The number of hydrogen-bond donors (Lipinski definition) is 5. The Morgan fingerprint density at radius 2 is 1.46 bits per heavy atom. The van der Waals surface area contributed by atoms with Gasteiger partial charge in [0.1, 0.15) is 29.5 Å². The standard InChI is InChI=1S/C24H26O13/c1-31-13-7-9(5-6-11(13)36-24-18(29)16(27)17(28)23(30)37-24)12-8-10(25)14-15(26)20(32-2)22(34-4)21(33-3)19(14)35-12/h5-8,16-18,23-24,26-30H,1-4H3/t16-,17+,18+,23-,24+/m0/s1. The van der Waals surface area contributed by atoms with E-state index in [0.29, 0.717) is 5.56 Å². The molecule has 0 spiro atoms. The Morgan fingerprint density at radius 3 is 2.08 bits per heavy atom. The van der Waals surface area contributed by atoms with Gasteiger partial charge in [0.15, 0.2) is 34.6 Å². The van der Waals surface area contributed by atoms with E-state index in [2.05, 4.69) is 0 Å². The molecule has 5 N–H and O–H groups in total. The minimum absolute atomic E-state index is 0.0251. The summed E-state index contributed by atoms with van der Waals surface area (Å²) in [4.78, 5) is 13.0. The molecule has 0 aliphatic carbocycles. The smallest absolute Gasteiger partial charge is 0.231 e. The van der Waals surface area contributed by atoms with E-state index in [9.17, 15) is 30.3 Å². The minimum Gasteiger partial charge on any atom is -0.504 e. The summed E-state index contributed by atoms with van der Waals surface area (Å²) in [6.07, 6.45) is -8.42. The molecule has 13 heteroatoms. The van der Waals surface area contributed by atoms with E-state index in [1.165, 1.54) is 46.6 Å². The van der Waals surface area contributed by atoms with E-state index < -0.39 is 42.1 Å². The fraction of sp³-hybridized carbons (Fsp3) is 0.375. The maximum atomic E-state index is 13.0. The number of methoxy groups -OCH3 is 4. The highest BCUT2D eigenvalue weighted by atomic mass is 16.7. The van der Waals surface area contributed by atoms with Crippen LogP contribution in [0.3, 0.4) is 0 Å². The van der Waals surface area contributed by atoms with Gasteiger partial charge in [0.05, 0.1) is 28.4 Å². The molecule has 3 aromatic rings. The normalized spacial score (nSPS) is 23.5. The van der Waals surface area contributed by atoms with Crippen molar-refractivity contribution in [1.29, 1.82) is 0 Å². The van der Waals surface area contributed by atoms with Crippen LogP contribution in [0.25, 0.3) is 22.3 Å². The van der Waals surface area contributed by atoms with Gasteiger partial charge >= 0.3 is 0 Å². The van der Waals surface area contributed by atoms with E-state index in [4.69, 9.17) is 32.8 Å². The van der Waals surface area contributed by atoms with Crippen molar-refractivity contribution < 1.29 is 58.4 Å². The van der Waals surface area contributed by atoms with Crippen LogP contribution in [0.1, 0.15) is 0 Å². The fourth-order valence-electron chi connectivity index (χ4n) is 3.98. The summed E-state index contributed by atoms with van der Waals surface area (Å²) >= 11 is 0. The molecule has 1 fully saturated rings. The molecule has 1 saturated heterocycles. The maximum absolute atomic E-state index is 13.0. The highest BCUT2D eigenvalue weighted by molar-refractivity contribution is 5.95. The van der Waals surface area contributed by atoms with Crippen molar-refractivity contribution >= 4 is 11.0 Å². The molecule has 200 valence electrons. The van der Waals surface area contributed by atoms with Gasteiger partial charge in [-0.25, -0.2) is 0 Å². The minimum atomic E-state index is -1.79. The first-order chi connectivity index (χ1) is 17.7. The van der Waals surface area contributed by atoms with Crippen LogP contribution in [0, 0.1) is 0 Å². The van der Waals surface area contributed by atoms with Crippen molar-refractivity contribution in [1.82, 2.24) is 0 Å². The number of phenolic OH excluding ortho intramolecular Hbond substituents is 1. The first-order valence-electron chi connectivity index (χ1n) is 10.9. The molecule has 37 heavy (non-hydrogen) atoms. The third-order valence-electron chi connectivity index (χ3n) is 5.87. The predicted octanol–water partition coefficient (Wildman–Crippen LogP) is 0.336. The van der Waals surface area contributed by atoms with Crippen LogP contribution in [-0.2, 0) is 4.74 Å². The first kappa shape index (κ1) is 26.3. The first-order valence-corrected chi connectivity index (χ1v) is 10.9. The van der Waals surface area contributed by atoms with Gasteiger partial charge in [-0.3, -0.25) is 4.79 Å². The zero-order valence-electron chi connectivity index (χ0n) is 20.2. The molecule has 2 heterocycles. The van der Waals surface area contributed by atoms with E-state index >= 15 is 0 Å². The van der Waals surface area contributed by atoms with Crippen LogP contribution in [0.2, 0.25) is 0 Å². The molecule has 0 unspecified atom stereocenters.